The van der Waals surface area contributed by atoms with Crippen LogP contribution in [0.15, 0.2) is 67.1 Å². The normalized spacial score (nSPS) is 19.0. The molecule has 3 aromatic rings. The van der Waals surface area contributed by atoms with Gasteiger partial charge in [0.05, 0.1) is 18.3 Å². The van der Waals surface area contributed by atoms with Gasteiger partial charge in [0.25, 0.3) is 0 Å². The molecule has 1 saturated heterocycles. The van der Waals surface area contributed by atoms with Crippen molar-refractivity contribution >= 4 is 11.8 Å². The number of hydrogen-bond acceptors (Lipinski definition) is 4. The first-order valence-corrected chi connectivity index (χ1v) is 11.1. The molecule has 3 atom stereocenters. The number of aromatic nitrogens is 3. The minimum Gasteiger partial charge on any atom is -0.342 e. The Morgan fingerprint density at radius 1 is 1.12 bits per heavy atom. The van der Waals surface area contributed by atoms with Crippen LogP contribution in [0.1, 0.15) is 49.0 Å². The number of amides is 2. The molecule has 3 heterocycles. The molecule has 2 aromatic heterocycles. The fraction of sp³-hybridized carbons (Fsp3) is 0.360. The molecule has 3 unspecified atom stereocenters. The average molecular weight is 450 g/mol. The van der Waals surface area contributed by atoms with Gasteiger partial charge in [-0.05, 0) is 29.2 Å². The molecule has 0 radical (unpaired) electrons. The summed E-state index contributed by atoms with van der Waals surface area (Å²) in [4.78, 5) is 32.0. The second kappa shape index (κ2) is 9.94. The number of likely N-dealkylation sites (tertiary alicyclic amines) is 1. The van der Waals surface area contributed by atoms with Crippen LogP contribution in [0.3, 0.4) is 0 Å². The van der Waals surface area contributed by atoms with E-state index < -0.39 is 24.2 Å². The van der Waals surface area contributed by atoms with E-state index in [1.807, 2.05) is 48.7 Å². The Morgan fingerprint density at radius 3 is 2.55 bits per heavy atom. The summed E-state index contributed by atoms with van der Waals surface area (Å²) >= 11 is 0. The molecule has 7 nitrogen and oxygen atoms in total. The number of pyridine rings is 1. The lowest BCUT2D eigenvalue weighted by Gasteiger charge is -2.26. The maximum atomic E-state index is 14.3. The Bertz CT molecular complexity index is 1070. The molecule has 1 aromatic carbocycles. The molecule has 0 saturated carbocycles. The molecule has 33 heavy (non-hydrogen) atoms. The predicted octanol–water partition coefficient (Wildman–Crippen LogP) is 3.25. The summed E-state index contributed by atoms with van der Waals surface area (Å²) in [5.41, 5.74) is 2.64. The maximum Gasteiger partial charge on any atom is 0.245 e. The molecule has 2 amide bonds. The van der Waals surface area contributed by atoms with Crippen molar-refractivity contribution in [2.24, 2.45) is 0 Å². The molecule has 1 aliphatic rings. The van der Waals surface area contributed by atoms with Gasteiger partial charge in [0.15, 0.2) is 0 Å². The summed E-state index contributed by atoms with van der Waals surface area (Å²) in [7, 11) is 0. The number of benzene rings is 1. The third kappa shape index (κ3) is 5.27. The van der Waals surface area contributed by atoms with Gasteiger partial charge >= 0.3 is 0 Å². The molecule has 172 valence electrons. The minimum absolute atomic E-state index is 0.0299. The van der Waals surface area contributed by atoms with Gasteiger partial charge < -0.3 is 10.2 Å². The highest BCUT2D eigenvalue weighted by Crippen LogP contribution is 2.26. The van der Waals surface area contributed by atoms with Gasteiger partial charge in [-0.15, -0.1) is 0 Å². The van der Waals surface area contributed by atoms with Gasteiger partial charge in [0.1, 0.15) is 18.8 Å². The number of carbonyl (C=O) groups excluding carboxylic acids is 2. The van der Waals surface area contributed by atoms with E-state index >= 15 is 0 Å². The van der Waals surface area contributed by atoms with E-state index in [1.54, 1.807) is 18.5 Å². The minimum atomic E-state index is -1.25. The van der Waals surface area contributed by atoms with Crippen LogP contribution in [-0.2, 0) is 16.1 Å². The van der Waals surface area contributed by atoms with Crippen molar-refractivity contribution in [1.29, 1.82) is 0 Å². The molecular weight excluding hydrogens is 421 g/mol. The van der Waals surface area contributed by atoms with E-state index in [1.165, 1.54) is 9.58 Å². The number of hydrogen-bond donors (Lipinski definition) is 1. The molecule has 0 spiro atoms. The Morgan fingerprint density at radius 2 is 1.91 bits per heavy atom. The summed E-state index contributed by atoms with van der Waals surface area (Å²) in [6.45, 7) is 4.05. The van der Waals surface area contributed by atoms with Crippen LogP contribution in [0.2, 0.25) is 0 Å². The maximum absolute atomic E-state index is 14.3. The Labute approximate surface area is 192 Å². The Balaban J connectivity index is 1.56. The molecule has 0 aliphatic carbocycles. The fourth-order valence-electron chi connectivity index (χ4n) is 4.07. The summed E-state index contributed by atoms with van der Waals surface area (Å²) in [5.74, 6) is -0.395. The van der Waals surface area contributed by atoms with E-state index in [-0.39, 0.29) is 25.4 Å². The molecule has 8 heteroatoms. The van der Waals surface area contributed by atoms with Crippen molar-refractivity contribution in [3.8, 4) is 0 Å². The van der Waals surface area contributed by atoms with Crippen LogP contribution in [0.25, 0.3) is 0 Å². The van der Waals surface area contributed by atoms with Gasteiger partial charge in [0.2, 0.25) is 11.8 Å². The summed E-state index contributed by atoms with van der Waals surface area (Å²) in [6.07, 6.45) is 3.77. The van der Waals surface area contributed by atoms with Crippen molar-refractivity contribution in [3.05, 3.63) is 83.9 Å². The van der Waals surface area contributed by atoms with Crippen molar-refractivity contribution in [1.82, 2.24) is 25.0 Å². The van der Waals surface area contributed by atoms with Crippen LogP contribution in [0, 0.1) is 0 Å². The summed E-state index contributed by atoms with van der Waals surface area (Å²) in [6, 6.07) is 13.7. The summed E-state index contributed by atoms with van der Waals surface area (Å²) in [5, 5.41) is 7.05. The van der Waals surface area contributed by atoms with Crippen molar-refractivity contribution < 1.29 is 14.0 Å². The molecule has 0 bridgehead atoms. The number of rotatable bonds is 7. The number of nitrogens with one attached hydrogen (secondary N) is 1. The third-order valence-corrected chi connectivity index (χ3v) is 5.92. The topological polar surface area (TPSA) is 80.1 Å². The van der Waals surface area contributed by atoms with Gasteiger partial charge in [0, 0.05) is 25.0 Å². The zero-order chi connectivity index (χ0) is 23.4. The highest BCUT2D eigenvalue weighted by atomic mass is 19.1. The van der Waals surface area contributed by atoms with Crippen LogP contribution in [-0.4, -0.2) is 50.2 Å². The number of carbonyl (C=O) groups is 2. The highest BCUT2D eigenvalue weighted by molar-refractivity contribution is 5.88. The van der Waals surface area contributed by atoms with Gasteiger partial charge in [-0.1, -0.05) is 50.2 Å². The number of alkyl halides is 1. The van der Waals surface area contributed by atoms with E-state index in [4.69, 9.17) is 0 Å². The Kier molecular flexibility index (Phi) is 6.82. The fourth-order valence-corrected chi connectivity index (χ4v) is 4.07. The number of nitrogens with zero attached hydrogens (tertiary/aromatic N) is 4. The second-order valence-electron chi connectivity index (χ2n) is 8.62. The van der Waals surface area contributed by atoms with Gasteiger partial charge in [-0.25, -0.2) is 4.39 Å². The lowest BCUT2D eigenvalue weighted by atomic mass is 10.00. The Hall–Kier alpha value is -3.55. The predicted molar refractivity (Wildman–Crippen MR) is 122 cm³/mol. The monoisotopic (exact) mass is 449 g/mol. The SMILES string of the molecule is CC(C)c1ccc(C(NC(=O)C2CC(F)CN2C(=O)Cn2cccn2)c2ccccc2)nc1. The lowest BCUT2D eigenvalue weighted by Crippen LogP contribution is -2.48. The zero-order valence-electron chi connectivity index (χ0n) is 18.8. The average Bonchev–Trinajstić information content (AvgIpc) is 3.47. The van der Waals surface area contributed by atoms with Crippen LogP contribution in [0.4, 0.5) is 4.39 Å². The van der Waals surface area contributed by atoms with Gasteiger partial charge in [-0.2, -0.15) is 5.10 Å². The molecule has 4 rings (SSSR count). The van der Waals surface area contributed by atoms with E-state index in [2.05, 4.69) is 29.2 Å². The molecule has 1 aliphatic heterocycles. The van der Waals surface area contributed by atoms with E-state index in [0.29, 0.717) is 11.6 Å². The first kappa shape index (κ1) is 22.6. The lowest BCUT2D eigenvalue weighted by molar-refractivity contribution is -0.139. The van der Waals surface area contributed by atoms with E-state index in [9.17, 15) is 14.0 Å². The van der Waals surface area contributed by atoms with Crippen molar-refractivity contribution in [2.75, 3.05) is 6.54 Å². The van der Waals surface area contributed by atoms with Crippen LogP contribution < -0.4 is 5.32 Å². The first-order valence-electron chi connectivity index (χ1n) is 11.1. The summed E-state index contributed by atoms with van der Waals surface area (Å²) < 4.78 is 15.8. The highest BCUT2D eigenvalue weighted by Gasteiger charge is 2.40. The molecule has 1 fully saturated rings. The molecular formula is C25H28FN5O2. The second-order valence-corrected chi connectivity index (χ2v) is 8.62. The number of halogens is 1. The molecule has 1 N–H and O–H groups in total. The first-order chi connectivity index (χ1) is 15.9. The standard InChI is InChI=1S/C25H28FN5O2/c1-17(2)19-9-10-21(27-14-19)24(18-7-4-3-5-8-18)29-25(33)22-13-20(26)15-31(22)23(32)16-30-12-6-11-28-30/h3-12,14,17,20,22,24H,13,15-16H2,1-2H3,(H,29,33). The van der Waals surface area contributed by atoms with Crippen molar-refractivity contribution in [2.45, 2.75) is 51.0 Å². The quantitative estimate of drug-likeness (QED) is 0.601. The van der Waals surface area contributed by atoms with Crippen LogP contribution >= 0.6 is 0 Å². The smallest absolute Gasteiger partial charge is 0.245 e. The van der Waals surface area contributed by atoms with E-state index in [0.717, 1.165) is 11.1 Å². The third-order valence-electron chi connectivity index (χ3n) is 5.92. The van der Waals surface area contributed by atoms with Crippen molar-refractivity contribution in [3.63, 3.8) is 0 Å². The largest absolute Gasteiger partial charge is 0.342 e. The van der Waals surface area contributed by atoms with Crippen LogP contribution in [0.5, 0.6) is 0 Å². The zero-order valence-corrected chi connectivity index (χ0v) is 18.8. The van der Waals surface area contributed by atoms with Gasteiger partial charge in [-0.3, -0.25) is 19.3 Å².